The maximum Gasteiger partial charge on any atom is 0.410 e. The Bertz CT molecular complexity index is 1000. The number of amides is 1. The molecule has 0 saturated carbocycles. The molecule has 3 heterocycles. The molecule has 142 valence electrons. The van der Waals surface area contributed by atoms with E-state index in [4.69, 9.17) is 9.72 Å². The number of aryl methyl sites for hydroxylation is 1. The van der Waals surface area contributed by atoms with E-state index in [-0.39, 0.29) is 12.1 Å². The molecule has 1 fully saturated rings. The Hall–Kier alpha value is -2.63. The number of piperidine rings is 1. The number of benzene rings is 1. The summed E-state index contributed by atoms with van der Waals surface area (Å²) in [5.41, 5.74) is 2.49. The Balaban J connectivity index is 1.72. The Labute approximate surface area is 159 Å². The molecule has 2 aromatic heterocycles. The largest absolute Gasteiger partial charge is 0.444 e. The monoisotopic (exact) mass is 366 g/mol. The van der Waals surface area contributed by atoms with Crippen LogP contribution in [0.25, 0.3) is 21.9 Å². The van der Waals surface area contributed by atoms with Crippen molar-refractivity contribution in [2.75, 3.05) is 13.1 Å². The quantitative estimate of drug-likeness (QED) is 0.638. The number of pyridine rings is 1. The van der Waals surface area contributed by atoms with Gasteiger partial charge in [-0.15, -0.1) is 0 Å². The van der Waals surface area contributed by atoms with Crippen molar-refractivity contribution in [2.45, 2.75) is 52.2 Å². The van der Waals surface area contributed by atoms with E-state index >= 15 is 0 Å². The van der Waals surface area contributed by atoms with E-state index in [1.807, 2.05) is 57.0 Å². The van der Waals surface area contributed by atoms with Crippen LogP contribution in [0.4, 0.5) is 4.79 Å². The maximum atomic E-state index is 12.6. The summed E-state index contributed by atoms with van der Waals surface area (Å²) in [5.74, 6) is 0.958. The van der Waals surface area contributed by atoms with E-state index in [2.05, 4.69) is 15.6 Å². The third kappa shape index (κ3) is 3.36. The molecule has 0 aliphatic carbocycles. The van der Waals surface area contributed by atoms with Crippen molar-refractivity contribution in [3.63, 3.8) is 0 Å². The van der Waals surface area contributed by atoms with Crippen LogP contribution in [0.15, 0.2) is 30.5 Å². The highest BCUT2D eigenvalue weighted by atomic mass is 16.6. The fourth-order valence-corrected chi connectivity index (χ4v) is 3.95. The van der Waals surface area contributed by atoms with Gasteiger partial charge in [0.15, 0.2) is 0 Å². The molecule has 0 radical (unpaired) electrons. The summed E-state index contributed by atoms with van der Waals surface area (Å²) in [7, 11) is 0. The molecule has 1 saturated heterocycles. The molecule has 3 aromatic rings. The van der Waals surface area contributed by atoms with Gasteiger partial charge in [0.2, 0.25) is 0 Å². The van der Waals surface area contributed by atoms with Crippen LogP contribution in [0.5, 0.6) is 0 Å². The third-order valence-electron chi connectivity index (χ3n) is 5.01. The zero-order chi connectivity index (χ0) is 19.2. The van der Waals surface area contributed by atoms with E-state index in [1.165, 1.54) is 0 Å². The molecular weight excluding hydrogens is 340 g/mol. The van der Waals surface area contributed by atoms with E-state index in [0.717, 1.165) is 47.1 Å². The number of hydrogen-bond acceptors (Lipinski definition) is 4. The highest BCUT2D eigenvalue weighted by Crippen LogP contribution is 2.31. The van der Waals surface area contributed by atoms with Gasteiger partial charge in [-0.05, 0) is 46.6 Å². The van der Waals surface area contributed by atoms with Gasteiger partial charge < -0.3 is 14.2 Å². The van der Waals surface area contributed by atoms with Gasteiger partial charge in [0.25, 0.3) is 0 Å². The molecule has 0 N–H and O–H groups in total. The second-order valence-electron chi connectivity index (χ2n) is 8.26. The number of fused-ring (bicyclic) bond motifs is 3. The number of para-hydroxylation sites is 1. The second kappa shape index (κ2) is 6.51. The normalized spacial score (nSPS) is 18.2. The Morgan fingerprint density at radius 2 is 2.00 bits per heavy atom. The SMILES string of the molecule is Cc1nc2cnc3ccccc3c2n1[C@@H]1CCCN(C(=O)OC(C)(C)C)C1. The summed E-state index contributed by atoms with van der Waals surface area (Å²) in [4.78, 5) is 23.7. The van der Waals surface area contributed by atoms with Gasteiger partial charge in [-0.3, -0.25) is 4.98 Å². The van der Waals surface area contributed by atoms with E-state index in [0.29, 0.717) is 6.54 Å². The number of rotatable bonds is 1. The molecule has 27 heavy (non-hydrogen) atoms. The van der Waals surface area contributed by atoms with Gasteiger partial charge in [0, 0.05) is 18.5 Å². The van der Waals surface area contributed by atoms with Crippen molar-refractivity contribution in [1.82, 2.24) is 19.4 Å². The molecule has 1 aliphatic heterocycles. The van der Waals surface area contributed by atoms with E-state index in [9.17, 15) is 4.79 Å². The van der Waals surface area contributed by atoms with Crippen LogP contribution in [0.3, 0.4) is 0 Å². The van der Waals surface area contributed by atoms with E-state index in [1.54, 1.807) is 0 Å². The minimum atomic E-state index is -0.483. The molecule has 1 aliphatic rings. The van der Waals surface area contributed by atoms with Gasteiger partial charge in [0.05, 0.1) is 23.3 Å². The highest BCUT2D eigenvalue weighted by molar-refractivity contribution is 6.02. The number of carbonyl (C=O) groups excluding carboxylic acids is 1. The van der Waals surface area contributed by atoms with Crippen molar-refractivity contribution in [3.05, 3.63) is 36.3 Å². The lowest BCUT2D eigenvalue weighted by atomic mass is 10.0. The summed E-state index contributed by atoms with van der Waals surface area (Å²) >= 11 is 0. The number of hydrogen-bond donors (Lipinski definition) is 0. The van der Waals surface area contributed by atoms with Crippen molar-refractivity contribution in [1.29, 1.82) is 0 Å². The summed E-state index contributed by atoms with van der Waals surface area (Å²) < 4.78 is 7.87. The van der Waals surface area contributed by atoms with Crippen LogP contribution >= 0.6 is 0 Å². The molecule has 4 rings (SSSR count). The molecule has 0 unspecified atom stereocenters. The number of imidazole rings is 1. The lowest BCUT2D eigenvalue weighted by Crippen LogP contribution is -2.43. The predicted molar refractivity (Wildman–Crippen MR) is 106 cm³/mol. The van der Waals surface area contributed by atoms with Crippen molar-refractivity contribution >= 4 is 28.0 Å². The highest BCUT2D eigenvalue weighted by Gasteiger charge is 2.30. The molecule has 1 amide bonds. The smallest absolute Gasteiger partial charge is 0.410 e. The maximum absolute atomic E-state index is 12.6. The van der Waals surface area contributed by atoms with Gasteiger partial charge in [-0.2, -0.15) is 0 Å². The van der Waals surface area contributed by atoms with Gasteiger partial charge >= 0.3 is 6.09 Å². The standard InChI is InChI=1S/C21H26N4O2/c1-14-23-18-12-22-17-10-6-5-9-16(17)19(18)25(14)15-8-7-11-24(13-15)20(26)27-21(2,3)4/h5-6,9-10,12,15H,7-8,11,13H2,1-4H3/t15-/m1/s1. The van der Waals surface area contributed by atoms with Crippen molar-refractivity contribution < 1.29 is 9.53 Å². The second-order valence-corrected chi connectivity index (χ2v) is 8.26. The average Bonchev–Trinajstić information content (AvgIpc) is 2.97. The van der Waals surface area contributed by atoms with Gasteiger partial charge in [-0.25, -0.2) is 9.78 Å². The fraction of sp³-hybridized carbons (Fsp3) is 0.476. The van der Waals surface area contributed by atoms with Crippen LogP contribution in [0.1, 0.15) is 45.5 Å². The number of likely N-dealkylation sites (tertiary alicyclic amines) is 1. The van der Waals surface area contributed by atoms with Crippen LogP contribution in [-0.4, -0.2) is 44.2 Å². The number of nitrogens with zero attached hydrogens (tertiary/aromatic N) is 4. The lowest BCUT2D eigenvalue weighted by molar-refractivity contribution is 0.0173. The summed E-state index contributed by atoms with van der Waals surface area (Å²) in [6.07, 6.45) is 3.57. The Kier molecular flexibility index (Phi) is 4.29. The lowest BCUT2D eigenvalue weighted by Gasteiger charge is -2.35. The molecule has 1 atom stereocenters. The van der Waals surface area contributed by atoms with Crippen LogP contribution in [0.2, 0.25) is 0 Å². The number of aromatic nitrogens is 3. The minimum absolute atomic E-state index is 0.182. The minimum Gasteiger partial charge on any atom is -0.444 e. The van der Waals surface area contributed by atoms with Gasteiger partial charge in [0.1, 0.15) is 16.9 Å². The Morgan fingerprint density at radius 3 is 2.78 bits per heavy atom. The predicted octanol–water partition coefficient (Wildman–Crippen LogP) is 4.46. The fourth-order valence-electron chi connectivity index (χ4n) is 3.95. The first-order valence-electron chi connectivity index (χ1n) is 9.54. The molecule has 6 nitrogen and oxygen atoms in total. The first-order valence-corrected chi connectivity index (χ1v) is 9.54. The van der Waals surface area contributed by atoms with E-state index < -0.39 is 5.60 Å². The summed E-state index contributed by atoms with van der Waals surface area (Å²) in [6, 6.07) is 8.33. The summed E-state index contributed by atoms with van der Waals surface area (Å²) in [5, 5.41) is 1.10. The number of ether oxygens (including phenoxy) is 1. The van der Waals surface area contributed by atoms with Gasteiger partial charge in [-0.1, -0.05) is 18.2 Å². The molecule has 0 bridgehead atoms. The molecule has 6 heteroatoms. The first kappa shape index (κ1) is 17.8. The van der Waals surface area contributed by atoms with Crippen LogP contribution in [0, 0.1) is 6.92 Å². The summed E-state index contributed by atoms with van der Waals surface area (Å²) in [6.45, 7) is 9.11. The number of carbonyl (C=O) groups is 1. The molecule has 1 aromatic carbocycles. The van der Waals surface area contributed by atoms with Crippen molar-refractivity contribution in [2.24, 2.45) is 0 Å². The topological polar surface area (TPSA) is 60.2 Å². The molecule has 0 spiro atoms. The Morgan fingerprint density at radius 1 is 1.22 bits per heavy atom. The average molecular weight is 366 g/mol. The zero-order valence-electron chi connectivity index (χ0n) is 16.4. The molecular formula is C21H26N4O2. The van der Waals surface area contributed by atoms with Crippen LogP contribution in [-0.2, 0) is 4.74 Å². The zero-order valence-corrected chi connectivity index (χ0v) is 16.4. The van der Waals surface area contributed by atoms with Crippen molar-refractivity contribution in [3.8, 4) is 0 Å². The van der Waals surface area contributed by atoms with Crippen LogP contribution < -0.4 is 0 Å². The first-order chi connectivity index (χ1) is 12.8. The third-order valence-corrected chi connectivity index (χ3v) is 5.01.